The van der Waals surface area contributed by atoms with E-state index in [4.69, 9.17) is 5.73 Å². The number of carbonyl (C=O) groups excluding carboxylic acids is 1. The lowest BCUT2D eigenvalue weighted by Gasteiger charge is -2.33. The Morgan fingerprint density at radius 3 is 2.20 bits per heavy atom. The molecule has 1 saturated carbocycles. The zero-order valence-electron chi connectivity index (χ0n) is 10.4. The van der Waals surface area contributed by atoms with E-state index in [1.54, 1.807) is 0 Å². The highest BCUT2D eigenvalue weighted by Gasteiger charge is 2.33. The van der Waals surface area contributed by atoms with E-state index in [1.807, 2.05) is 32.7 Å². The molecule has 0 bridgehead atoms. The lowest BCUT2D eigenvalue weighted by molar-refractivity contribution is -0.135. The fourth-order valence-electron chi connectivity index (χ4n) is 2.06. The van der Waals surface area contributed by atoms with Gasteiger partial charge in [-0.05, 0) is 18.3 Å². The molecule has 0 unspecified atom stereocenters. The van der Waals surface area contributed by atoms with Crippen LogP contribution in [0.2, 0.25) is 0 Å². The van der Waals surface area contributed by atoms with Crippen molar-refractivity contribution in [1.82, 2.24) is 4.90 Å². The van der Waals surface area contributed by atoms with Crippen LogP contribution < -0.4 is 5.73 Å². The Hall–Kier alpha value is -0.570. The van der Waals surface area contributed by atoms with Crippen molar-refractivity contribution in [2.24, 2.45) is 11.1 Å². The van der Waals surface area contributed by atoms with Crippen LogP contribution in [0.1, 0.15) is 46.5 Å². The quantitative estimate of drug-likeness (QED) is 0.758. The van der Waals surface area contributed by atoms with Crippen LogP contribution >= 0.6 is 0 Å². The highest BCUT2D eigenvalue weighted by atomic mass is 16.2. The van der Waals surface area contributed by atoms with Crippen LogP contribution in [0, 0.1) is 5.41 Å². The molecule has 3 nitrogen and oxygen atoms in total. The fraction of sp³-hybridized carbons (Fsp3) is 0.917. The second-order valence-corrected chi connectivity index (χ2v) is 5.73. The highest BCUT2D eigenvalue weighted by molar-refractivity contribution is 5.82. The van der Waals surface area contributed by atoms with Crippen LogP contribution in [0.4, 0.5) is 0 Å². The summed E-state index contributed by atoms with van der Waals surface area (Å²) in [6.45, 7) is 6.04. The minimum absolute atomic E-state index is 0.0920. The summed E-state index contributed by atoms with van der Waals surface area (Å²) in [7, 11) is 1.89. The predicted octanol–water partition coefficient (Wildman–Crippen LogP) is 1.76. The molecule has 1 aliphatic rings. The molecule has 1 amide bonds. The Bertz CT molecular complexity index is 226. The highest BCUT2D eigenvalue weighted by Crippen LogP contribution is 2.25. The lowest BCUT2D eigenvalue weighted by atomic mass is 9.86. The molecule has 0 heterocycles. The van der Waals surface area contributed by atoms with E-state index < -0.39 is 0 Å². The Morgan fingerprint density at radius 2 is 1.80 bits per heavy atom. The molecule has 3 heteroatoms. The van der Waals surface area contributed by atoms with Crippen molar-refractivity contribution in [3.63, 3.8) is 0 Å². The molecule has 0 radical (unpaired) electrons. The molecule has 0 aliphatic heterocycles. The summed E-state index contributed by atoms with van der Waals surface area (Å²) < 4.78 is 0. The van der Waals surface area contributed by atoms with E-state index in [-0.39, 0.29) is 17.4 Å². The van der Waals surface area contributed by atoms with Gasteiger partial charge in [-0.3, -0.25) is 4.79 Å². The summed E-state index contributed by atoms with van der Waals surface area (Å²) in [5, 5.41) is 0. The zero-order valence-corrected chi connectivity index (χ0v) is 10.4. The molecule has 0 aromatic carbocycles. The van der Waals surface area contributed by atoms with Gasteiger partial charge < -0.3 is 10.6 Å². The molecule has 0 spiro atoms. The summed E-state index contributed by atoms with van der Waals surface area (Å²) in [5.74, 6) is 0.0920. The van der Waals surface area contributed by atoms with Crippen molar-refractivity contribution in [3.05, 3.63) is 0 Å². The number of nitrogens with zero attached hydrogens (tertiary/aromatic N) is 1. The summed E-state index contributed by atoms with van der Waals surface area (Å²) in [6.07, 6.45) is 4.76. The van der Waals surface area contributed by atoms with Crippen LogP contribution in [0.15, 0.2) is 0 Å². The third-order valence-electron chi connectivity index (χ3n) is 3.42. The van der Waals surface area contributed by atoms with Gasteiger partial charge in [0.05, 0.1) is 6.04 Å². The number of likely N-dealkylation sites (N-methyl/N-ethyl adjacent to an activating group) is 1. The maximum atomic E-state index is 12.1. The average molecular weight is 212 g/mol. The first kappa shape index (κ1) is 12.5. The Kier molecular flexibility index (Phi) is 3.77. The number of carbonyl (C=O) groups is 1. The van der Waals surface area contributed by atoms with Crippen LogP contribution in [0.25, 0.3) is 0 Å². The van der Waals surface area contributed by atoms with Gasteiger partial charge in [-0.2, -0.15) is 0 Å². The fourth-order valence-corrected chi connectivity index (χ4v) is 2.06. The summed E-state index contributed by atoms with van der Waals surface area (Å²) >= 11 is 0. The van der Waals surface area contributed by atoms with E-state index in [1.165, 1.54) is 12.8 Å². The van der Waals surface area contributed by atoms with Gasteiger partial charge in [0.25, 0.3) is 0 Å². The second-order valence-electron chi connectivity index (χ2n) is 5.73. The van der Waals surface area contributed by atoms with Gasteiger partial charge in [-0.15, -0.1) is 0 Å². The van der Waals surface area contributed by atoms with Gasteiger partial charge in [0.15, 0.2) is 0 Å². The van der Waals surface area contributed by atoms with Gasteiger partial charge in [0.2, 0.25) is 5.91 Å². The maximum absolute atomic E-state index is 12.1. The second kappa shape index (κ2) is 4.52. The largest absolute Gasteiger partial charge is 0.341 e. The van der Waals surface area contributed by atoms with Crippen molar-refractivity contribution < 1.29 is 4.79 Å². The van der Waals surface area contributed by atoms with Gasteiger partial charge in [0.1, 0.15) is 0 Å². The third-order valence-corrected chi connectivity index (χ3v) is 3.42. The van der Waals surface area contributed by atoms with Gasteiger partial charge in [-0.25, -0.2) is 0 Å². The van der Waals surface area contributed by atoms with E-state index in [9.17, 15) is 4.79 Å². The molecule has 1 atom stereocenters. The minimum atomic E-state index is -0.386. The van der Waals surface area contributed by atoms with Crippen molar-refractivity contribution in [1.29, 1.82) is 0 Å². The monoisotopic (exact) mass is 212 g/mol. The molecule has 2 N–H and O–H groups in total. The zero-order chi connectivity index (χ0) is 11.6. The number of nitrogens with two attached hydrogens (primary N) is 1. The van der Waals surface area contributed by atoms with Gasteiger partial charge in [0, 0.05) is 13.1 Å². The van der Waals surface area contributed by atoms with E-state index in [2.05, 4.69) is 0 Å². The van der Waals surface area contributed by atoms with Crippen molar-refractivity contribution >= 4 is 5.91 Å². The third kappa shape index (κ3) is 2.94. The number of hydrogen-bond donors (Lipinski definition) is 1. The molecular formula is C12H24N2O. The topological polar surface area (TPSA) is 46.3 Å². The smallest absolute Gasteiger partial charge is 0.240 e. The van der Waals surface area contributed by atoms with Gasteiger partial charge >= 0.3 is 0 Å². The SMILES string of the molecule is CN(C(=O)[C@@H](N)C(C)(C)C)C1CCCC1. The van der Waals surface area contributed by atoms with Crippen molar-refractivity contribution in [2.45, 2.75) is 58.5 Å². The van der Waals surface area contributed by atoms with Crippen molar-refractivity contribution in [2.75, 3.05) is 7.05 Å². The molecule has 1 rings (SSSR count). The molecule has 1 aliphatic carbocycles. The Balaban J connectivity index is 2.59. The average Bonchev–Trinajstić information content (AvgIpc) is 2.65. The standard InChI is InChI=1S/C12H24N2O/c1-12(2,3)10(13)11(15)14(4)9-7-5-6-8-9/h9-10H,5-8,13H2,1-4H3/t10-/m1/s1. The van der Waals surface area contributed by atoms with E-state index in [0.29, 0.717) is 6.04 Å². The molecule has 0 saturated heterocycles. The lowest BCUT2D eigenvalue weighted by Crippen LogP contribution is -2.51. The Labute approximate surface area is 93.0 Å². The first-order chi connectivity index (χ1) is 6.84. The first-order valence-electron chi connectivity index (χ1n) is 5.86. The summed E-state index contributed by atoms with van der Waals surface area (Å²) in [4.78, 5) is 13.9. The van der Waals surface area contributed by atoms with E-state index >= 15 is 0 Å². The number of hydrogen-bond acceptors (Lipinski definition) is 2. The normalized spacial score (nSPS) is 20.3. The van der Waals surface area contributed by atoms with Gasteiger partial charge in [-0.1, -0.05) is 33.6 Å². The minimum Gasteiger partial charge on any atom is -0.341 e. The molecule has 0 aromatic heterocycles. The molecular weight excluding hydrogens is 188 g/mol. The van der Waals surface area contributed by atoms with E-state index in [0.717, 1.165) is 12.8 Å². The molecule has 15 heavy (non-hydrogen) atoms. The first-order valence-corrected chi connectivity index (χ1v) is 5.86. The molecule has 0 aromatic rings. The van der Waals surface area contributed by atoms with Crippen molar-refractivity contribution in [3.8, 4) is 0 Å². The Morgan fingerprint density at radius 1 is 1.33 bits per heavy atom. The molecule has 1 fully saturated rings. The maximum Gasteiger partial charge on any atom is 0.240 e. The van der Waals surface area contributed by atoms with Crippen LogP contribution in [0.3, 0.4) is 0 Å². The number of rotatable bonds is 2. The number of amides is 1. The summed E-state index contributed by atoms with van der Waals surface area (Å²) in [6, 6.07) is 0.0361. The predicted molar refractivity (Wildman–Crippen MR) is 62.5 cm³/mol. The van der Waals surface area contributed by atoms with Crippen LogP contribution in [-0.2, 0) is 4.79 Å². The van der Waals surface area contributed by atoms with Crippen LogP contribution in [0.5, 0.6) is 0 Å². The molecule has 88 valence electrons. The van der Waals surface area contributed by atoms with Crippen LogP contribution in [-0.4, -0.2) is 29.9 Å². The summed E-state index contributed by atoms with van der Waals surface area (Å²) in [5.41, 5.74) is 5.82.